The maximum absolute atomic E-state index is 13.6. The summed E-state index contributed by atoms with van der Waals surface area (Å²) in [6.07, 6.45) is 3.34. The molecule has 0 atom stereocenters. The van der Waals surface area contributed by atoms with E-state index in [4.69, 9.17) is 4.74 Å². The Kier molecular flexibility index (Phi) is 9.81. The summed E-state index contributed by atoms with van der Waals surface area (Å²) in [4.78, 5) is 7.50. The number of likely N-dealkylation sites (tertiary alicyclic amines) is 1. The standard InChI is InChI=1S/C19H31FN4OS/c1-21-19(22-10-15-26-18-7-4-3-6-17(18)20)23-16-8-12-24(13-9-16)11-5-14-25-2/h3-4,6-7,16H,5,8-15H2,1-2H3,(H2,21,22,23). The molecule has 0 radical (unpaired) electrons. The molecule has 0 spiro atoms. The normalized spacial score (nSPS) is 16.7. The summed E-state index contributed by atoms with van der Waals surface area (Å²) in [6.45, 7) is 4.91. The summed E-state index contributed by atoms with van der Waals surface area (Å²) in [5.74, 6) is 1.47. The minimum Gasteiger partial charge on any atom is -0.385 e. The number of hydrogen-bond donors (Lipinski definition) is 2. The predicted molar refractivity (Wildman–Crippen MR) is 108 cm³/mol. The van der Waals surface area contributed by atoms with Crippen molar-refractivity contribution in [3.8, 4) is 0 Å². The molecule has 0 aliphatic carbocycles. The lowest BCUT2D eigenvalue weighted by molar-refractivity contribution is 0.155. The minimum atomic E-state index is -0.155. The first-order chi connectivity index (χ1) is 12.7. The van der Waals surface area contributed by atoms with Gasteiger partial charge in [0.25, 0.3) is 0 Å². The summed E-state index contributed by atoms with van der Waals surface area (Å²) in [5.41, 5.74) is 0. The fourth-order valence-electron chi connectivity index (χ4n) is 3.01. The largest absolute Gasteiger partial charge is 0.385 e. The first-order valence-corrected chi connectivity index (χ1v) is 10.3. The molecule has 0 aromatic heterocycles. The fraction of sp³-hybridized carbons (Fsp3) is 0.632. The van der Waals surface area contributed by atoms with Crippen LogP contribution in [0.25, 0.3) is 0 Å². The number of ether oxygens (including phenoxy) is 1. The molecule has 0 unspecified atom stereocenters. The van der Waals surface area contributed by atoms with Crippen LogP contribution in [0.5, 0.6) is 0 Å². The van der Waals surface area contributed by atoms with Crippen LogP contribution in [0.2, 0.25) is 0 Å². The van der Waals surface area contributed by atoms with Gasteiger partial charge in [0.15, 0.2) is 5.96 Å². The topological polar surface area (TPSA) is 48.9 Å². The number of rotatable bonds is 9. The predicted octanol–water partition coefficient (Wildman–Crippen LogP) is 2.58. The van der Waals surface area contributed by atoms with Crippen molar-refractivity contribution in [1.29, 1.82) is 0 Å². The number of benzene rings is 1. The zero-order chi connectivity index (χ0) is 18.6. The van der Waals surface area contributed by atoms with Gasteiger partial charge >= 0.3 is 0 Å². The van der Waals surface area contributed by atoms with Gasteiger partial charge in [0.2, 0.25) is 0 Å². The first kappa shape index (κ1) is 21.0. The number of guanidine groups is 1. The van der Waals surface area contributed by atoms with E-state index < -0.39 is 0 Å². The third-order valence-corrected chi connectivity index (χ3v) is 5.51. The second kappa shape index (κ2) is 12.1. The second-order valence-corrected chi connectivity index (χ2v) is 7.52. The number of piperidine rings is 1. The van der Waals surface area contributed by atoms with Crippen LogP contribution in [0.4, 0.5) is 4.39 Å². The molecular formula is C19H31FN4OS. The van der Waals surface area contributed by atoms with Gasteiger partial charge in [0.05, 0.1) is 0 Å². The number of hydrogen-bond acceptors (Lipinski definition) is 4. The Hall–Kier alpha value is -1.31. The van der Waals surface area contributed by atoms with Crippen molar-refractivity contribution in [1.82, 2.24) is 15.5 Å². The number of nitrogens with zero attached hydrogens (tertiary/aromatic N) is 2. The van der Waals surface area contributed by atoms with Crippen molar-refractivity contribution in [2.75, 3.05) is 52.7 Å². The SMILES string of the molecule is CN=C(NCCSc1ccccc1F)NC1CCN(CCCOC)CC1. The average Bonchev–Trinajstić information content (AvgIpc) is 2.67. The van der Waals surface area contributed by atoms with Crippen molar-refractivity contribution in [3.63, 3.8) is 0 Å². The highest BCUT2D eigenvalue weighted by atomic mass is 32.2. The smallest absolute Gasteiger partial charge is 0.191 e. The van der Waals surface area contributed by atoms with Crippen LogP contribution < -0.4 is 10.6 Å². The Balaban J connectivity index is 1.61. The van der Waals surface area contributed by atoms with Crippen LogP contribution in [0.1, 0.15) is 19.3 Å². The van der Waals surface area contributed by atoms with E-state index in [1.807, 2.05) is 12.1 Å². The number of thioether (sulfide) groups is 1. The summed E-state index contributed by atoms with van der Waals surface area (Å²) < 4.78 is 18.7. The minimum absolute atomic E-state index is 0.155. The van der Waals surface area contributed by atoms with Gasteiger partial charge in [-0.15, -0.1) is 11.8 Å². The van der Waals surface area contributed by atoms with Gasteiger partial charge in [-0.05, 0) is 31.4 Å². The number of methoxy groups -OCH3 is 1. The van der Waals surface area contributed by atoms with Crippen molar-refractivity contribution < 1.29 is 9.13 Å². The van der Waals surface area contributed by atoms with E-state index in [0.717, 1.165) is 63.8 Å². The lowest BCUT2D eigenvalue weighted by Crippen LogP contribution is -2.49. The van der Waals surface area contributed by atoms with Crippen molar-refractivity contribution in [3.05, 3.63) is 30.1 Å². The molecule has 1 fully saturated rings. The van der Waals surface area contributed by atoms with Gasteiger partial charge in [-0.3, -0.25) is 4.99 Å². The van der Waals surface area contributed by atoms with E-state index in [2.05, 4.69) is 20.5 Å². The number of nitrogens with one attached hydrogen (secondary N) is 2. The van der Waals surface area contributed by atoms with E-state index in [9.17, 15) is 4.39 Å². The first-order valence-electron chi connectivity index (χ1n) is 9.28. The molecule has 1 aromatic rings. The molecule has 1 aromatic carbocycles. The molecule has 146 valence electrons. The van der Waals surface area contributed by atoms with Crippen LogP contribution in [-0.4, -0.2) is 69.6 Å². The maximum atomic E-state index is 13.6. The monoisotopic (exact) mass is 382 g/mol. The van der Waals surface area contributed by atoms with Gasteiger partial charge in [-0.2, -0.15) is 0 Å². The van der Waals surface area contributed by atoms with Gasteiger partial charge in [0.1, 0.15) is 5.82 Å². The third-order valence-electron chi connectivity index (χ3n) is 4.46. The molecule has 0 amide bonds. The van der Waals surface area contributed by atoms with Crippen LogP contribution >= 0.6 is 11.8 Å². The molecule has 26 heavy (non-hydrogen) atoms. The second-order valence-electron chi connectivity index (χ2n) is 6.38. The van der Waals surface area contributed by atoms with E-state index >= 15 is 0 Å². The molecule has 2 N–H and O–H groups in total. The zero-order valence-corrected chi connectivity index (χ0v) is 16.7. The molecule has 1 aliphatic heterocycles. The summed E-state index contributed by atoms with van der Waals surface area (Å²) in [5, 5.41) is 6.83. The molecule has 1 aliphatic rings. The van der Waals surface area contributed by atoms with Crippen molar-refractivity contribution in [2.45, 2.75) is 30.2 Å². The molecular weight excluding hydrogens is 351 g/mol. The summed E-state index contributed by atoms with van der Waals surface area (Å²) >= 11 is 1.52. The molecule has 2 rings (SSSR count). The van der Waals surface area contributed by atoms with E-state index in [-0.39, 0.29) is 5.82 Å². The lowest BCUT2D eigenvalue weighted by atomic mass is 10.1. The third kappa shape index (κ3) is 7.51. The summed E-state index contributed by atoms with van der Waals surface area (Å²) in [7, 11) is 3.54. The Morgan fingerprint density at radius 3 is 2.81 bits per heavy atom. The van der Waals surface area contributed by atoms with Gasteiger partial charge in [-0.1, -0.05) is 12.1 Å². The zero-order valence-electron chi connectivity index (χ0n) is 15.8. The quantitative estimate of drug-likeness (QED) is 0.298. The van der Waals surface area contributed by atoms with E-state index in [0.29, 0.717) is 10.9 Å². The fourth-order valence-corrected chi connectivity index (χ4v) is 3.82. The van der Waals surface area contributed by atoms with Crippen molar-refractivity contribution >= 4 is 17.7 Å². The molecule has 0 saturated carbocycles. The highest BCUT2D eigenvalue weighted by Crippen LogP contribution is 2.20. The van der Waals surface area contributed by atoms with Gasteiger partial charge in [0, 0.05) is 63.6 Å². The lowest BCUT2D eigenvalue weighted by Gasteiger charge is -2.33. The average molecular weight is 383 g/mol. The highest BCUT2D eigenvalue weighted by molar-refractivity contribution is 7.99. The number of halogens is 1. The summed E-state index contributed by atoms with van der Waals surface area (Å²) in [6, 6.07) is 7.35. The molecule has 7 heteroatoms. The molecule has 1 heterocycles. The molecule has 1 saturated heterocycles. The van der Waals surface area contributed by atoms with E-state index in [1.54, 1.807) is 20.2 Å². The van der Waals surface area contributed by atoms with Crippen LogP contribution in [0, 0.1) is 5.82 Å². The number of aliphatic imine (C=N–C) groups is 1. The Morgan fingerprint density at radius 2 is 2.12 bits per heavy atom. The Labute approximate surface area is 160 Å². The van der Waals surface area contributed by atoms with Gasteiger partial charge in [-0.25, -0.2) is 4.39 Å². The Bertz CT molecular complexity index is 550. The van der Waals surface area contributed by atoms with Gasteiger partial charge < -0.3 is 20.3 Å². The maximum Gasteiger partial charge on any atom is 0.191 e. The molecule has 5 nitrogen and oxygen atoms in total. The Morgan fingerprint density at radius 1 is 1.35 bits per heavy atom. The van der Waals surface area contributed by atoms with Crippen LogP contribution in [0.3, 0.4) is 0 Å². The molecule has 0 bridgehead atoms. The van der Waals surface area contributed by atoms with Crippen LogP contribution in [-0.2, 0) is 4.74 Å². The van der Waals surface area contributed by atoms with Crippen LogP contribution in [0.15, 0.2) is 34.2 Å². The van der Waals surface area contributed by atoms with Crippen molar-refractivity contribution in [2.24, 2.45) is 4.99 Å². The van der Waals surface area contributed by atoms with E-state index in [1.165, 1.54) is 17.8 Å². The highest BCUT2D eigenvalue weighted by Gasteiger charge is 2.19.